The zero-order valence-corrected chi connectivity index (χ0v) is 37.4. The molecule has 12 aromatic carbocycles. The van der Waals surface area contributed by atoms with E-state index in [1.165, 1.54) is 93.5 Å². The molecule has 0 unspecified atom stereocenters. The van der Waals surface area contributed by atoms with E-state index in [9.17, 15) is 0 Å². The lowest BCUT2D eigenvalue weighted by Gasteiger charge is -2.34. The van der Waals surface area contributed by atoms with Crippen LogP contribution >= 0.6 is 0 Å². The van der Waals surface area contributed by atoms with Crippen molar-refractivity contribution in [2.24, 2.45) is 0 Å². The van der Waals surface area contributed by atoms with Crippen LogP contribution in [0.5, 0.6) is 0 Å². The second kappa shape index (κ2) is 16.3. The van der Waals surface area contributed by atoms with Gasteiger partial charge in [-0.25, -0.2) is 0 Å². The fourth-order valence-electron chi connectivity index (χ4n) is 11.3. The van der Waals surface area contributed by atoms with Crippen LogP contribution in [0.1, 0.15) is 22.3 Å². The van der Waals surface area contributed by atoms with Gasteiger partial charge in [-0.1, -0.05) is 231 Å². The summed E-state index contributed by atoms with van der Waals surface area (Å²) in [7, 11) is 0. The van der Waals surface area contributed by atoms with E-state index in [4.69, 9.17) is 0 Å². The topological polar surface area (TPSA) is 3.24 Å². The summed E-state index contributed by atoms with van der Waals surface area (Å²) in [5.41, 5.74) is 17.5. The maximum Gasteiger partial charge on any atom is 0.0714 e. The van der Waals surface area contributed by atoms with Crippen molar-refractivity contribution in [1.29, 1.82) is 0 Å². The highest BCUT2D eigenvalue weighted by molar-refractivity contribution is 6.08. The van der Waals surface area contributed by atoms with Crippen molar-refractivity contribution in [2.45, 2.75) is 5.41 Å². The molecule has 0 radical (unpaired) electrons. The highest BCUT2D eigenvalue weighted by atomic mass is 15.1. The number of hydrogen-bond acceptors (Lipinski definition) is 1. The first kappa shape index (κ1) is 39.6. The number of hydrogen-bond donors (Lipinski definition) is 0. The third kappa shape index (κ3) is 6.39. The van der Waals surface area contributed by atoms with E-state index in [0.29, 0.717) is 0 Å². The molecule has 318 valence electrons. The summed E-state index contributed by atoms with van der Waals surface area (Å²) in [5.74, 6) is 0. The molecule has 1 aliphatic carbocycles. The Morgan fingerprint density at radius 2 is 0.794 bits per heavy atom. The molecule has 0 aromatic heterocycles. The van der Waals surface area contributed by atoms with Crippen molar-refractivity contribution in [3.8, 4) is 44.5 Å². The van der Waals surface area contributed by atoms with Crippen molar-refractivity contribution >= 4 is 49.4 Å². The van der Waals surface area contributed by atoms with Crippen LogP contribution < -0.4 is 4.90 Å². The fraction of sp³-hybridized carbons (Fsp3) is 0.0149. The van der Waals surface area contributed by atoms with Gasteiger partial charge in [-0.15, -0.1) is 0 Å². The molecule has 13 rings (SSSR count). The molecule has 68 heavy (non-hydrogen) atoms. The molecule has 0 saturated heterocycles. The molecule has 12 aromatic rings. The predicted molar refractivity (Wildman–Crippen MR) is 287 cm³/mol. The van der Waals surface area contributed by atoms with Crippen molar-refractivity contribution in [2.75, 3.05) is 4.90 Å². The monoisotopic (exact) mass is 863 g/mol. The Morgan fingerprint density at radius 1 is 0.265 bits per heavy atom. The van der Waals surface area contributed by atoms with E-state index >= 15 is 0 Å². The summed E-state index contributed by atoms with van der Waals surface area (Å²) in [4.78, 5) is 2.48. The molecule has 0 fully saturated rings. The van der Waals surface area contributed by atoms with Gasteiger partial charge in [0.2, 0.25) is 0 Å². The molecule has 0 atom stereocenters. The van der Waals surface area contributed by atoms with Crippen molar-refractivity contribution in [3.05, 3.63) is 295 Å². The van der Waals surface area contributed by atoms with Gasteiger partial charge in [-0.05, 0) is 136 Å². The Labute approximate surface area is 397 Å². The van der Waals surface area contributed by atoms with Crippen LogP contribution in [0.2, 0.25) is 0 Å². The fourth-order valence-corrected chi connectivity index (χ4v) is 11.3. The lowest BCUT2D eigenvalue weighted by molar-refractivity contribution is 0.768. The minimum Gasteiger partial charge on any atom is -0.310 e. The van der Waals surface area contributed by atoms with Gasteiger partial charge < -0.3 is 4.90 Å². The summed E-state index contributed by atoms with van der Waals surface area (Å²) in [6, 6.07) is 101. The van der Waals surface area contributed by atoms with Crippen LogP contribution in [0.25, 0.3) is 76.8 Å². The highest BCUT2D eigenvalue weighted by Gasteiger charge is 2.47. The lowest BCUT2D eigenvalue weighted by Crippen LogP contribution is -2.28. The van der Waals surface area contributed by atoms with Gasteiger partial charge in [0.15, 0.2) is 0 Å². The quantitative estimate of drug-likeness (QED) is 0.138. The maximum absolute atomic E-state index is 2.48. The maximum atomic E-state index is 2.48. The minimum absolute atomic E-state index is 0.523. The number of benzene rings is 12. The third-order valence-electron chi connectivity index (χ3n) is 14.3. The summed E-state index contributed by atoms with van der Waals surface area (Å²) >= 11 is 0. The summed E-state index contributed by atoms with van der Waals surface area (Å²) < 4.78 is 0. The van der Waals surface area contributed by atoms with Crippen LogP contribution in [-0.4, -0.2) is 0 Å². The van der Waals surface area contributed by atoms with Crippen LogP contribution in [0.4, 0.5) is 17.1 Å². The van der Waals surface area contributed by atoms with Crippen molar-refractivity contribution in [1.82, 2.24) is 0 Å². The average molecular weight is 864 g/mol. The Kier molecular flexibility index (Phi) is 9.47. The molecule has 0 amide bonds. The van der Waals surface area contributed by atoms with Crippen LogP contribution in [0.3, 0.4) is 0 Å². The number of anilines is 3. The molecular formula is C67H45N. The Bertz CT molecular complexity index is 3800. The number of rotatable bonds is 8. The first-order chi connectivity index (χ1) is 33.7. The average Bonchev–Trinajstić information content (AvgIpc) is 3.73. The summed E-state index contributed by atoms with van der Waals surface area (Å²) in [6.45, 7) is 0. The van der Waals surface area contributed by atoms with E-state index in [1.54, 1.807) is 0 Å². The molecule has 1 aliphatic rings. The summed E-state index contributed by atoms with van der Waals surface area (Å²) in [5, 5.41) is 7.57. The van der Waals surface area contributed by atoms with E-state index in [2.05, 4.69) is 278 Å². The number of nitrogens with zero attached hydrogens (tertiary/aromatic N) is 1. The van der Waals surface area contributed by atoms with E-state index in [0.717, 1.165) is 22.6 Å². The van der Waals surface area contributed by atoms with Crippen molar-refractivity contribution in [3.63, 3.8) is 0 Å². The molecule has 0 bridgehead atoms. The highest BCUT2D eigenvalue weighted by Crippen LogP contribution is 2.59. The van der Waals surface area contributed by atoms with Gasteiger partial charge in [0.1, 0.15) is 0 Å². The normalized spacial score (nSPS) is 12.5. The molecule has 0 saturated carbocycles. The molecule has 0 heterocycles. The first-order valence-electron chi connectivity index (χ1n) is 23.6. The second-order valence-electron chi connectivity index (χ2n) is 18.0. The SMILES string of the molecule is c1ccc(C2(c3ccccc3)c3ccccc3-c3c(N(c4ccc(-c5ccc6c(ccc7ccccc76)c5)cc4)c4cccc(-c5cccc(-c6cccc7ccccc67)c5)c4)cccc32)cc1. The Hall–Kier alpha value is -8.78. The zero-order valence-electron chi connectivity index (χ0n) is 37.4. The predicted octanol–water partition coefficient (Wildman–Crippen LogP) is 18.0. The second-order valence-corrected chi connectivity index (χ2v) is 18.0. The van der Waals surface area contributed by atoms with Gasteiger partial charge >= 0.3 is 0 Å². The van der Waals surface area contributed by atoms with Gasteiger partial charge in [0.05, 0.1) is 11.1 Å². The largest absolute Gasteiger partial charge is 0.310 e. The molecule has 0 N–H and O–H groups in total. The smallest absolute Gasteiger partial charge is 0.0714 e. The van der Waals surface area contributed by atoms with Gasteiger partial charge in [-0.3, -0.25) is 0 Å². The van der Waals surface area contributed by atoms with E-state index in [1.807, 2.05) is 0 Å². The van der Waals surface area contributed by atoms with Crippen LogP contribution in [-0.2, 0) is 5.41 Å². The van der Waals surface area contributed by atoms with Gasteiger partial charge in [-0.2, -0.15) is 0 Å². The molecule has 0 spiro atoms. The van der Waals surface area contributed by atoms with Gasteiger partial charge in [0, 0.05) is 16.9 Å². The van der Waals surface area contributed by atoms with Crippen LogP contribution in [0.15, 0.2) is 273 Å². The zero-order chi connectivity index (χ0) is 45.0. The summed E-state index contributed by atoms with van der Waals surface area (Å²) in [6.07, 6.45) is 0. The Morgan fingerprint density at radius 3 is 1.59 bits per heavy atom. The standard InChI is InChI=1S/C67H45N/c1-3-23-54(24-4-1)67(55-25-5-2-6-26-55)63-32-12-11-30-62(63)66-64(67)33-16-34-65(66)68(56-40-37-46(38-41-56)51-39-42-61-53(44-51)36-35-48-18-8-10-29-59(48)61)57-27-14-21-50(45-57)49-20-13-22-52(43-49)60-31-15-19-47-17-7-9-28-58(47)60/h1-45H. The van der Waals surface area contributed by atoms with E-state index in [-0.39, 0.29) is 0 Å². The molecular weight excluding hydrogens is 819 g/mol. The lowest BCUT2D eigenvalue weighted by atomic mass is 9.68. The molecule has 0 aliphatic heterocycles. The van der Waals surface area contributed by atoms with Gasteiger partial charge in [0.25, 0.3) is 0 Å². The third-order valence-corrected chi connectivity index (χ3v) is 14.3. The minimum atomic E-state index is -0.523. The van der Waals surface area contributed by atoms with E-state index < -0.39 is 5.41 Å². The first-order valence-corrected chi connectivity index (χ1v) is 23.6. The molecule has 1 nitrogen and oxygen atoms in total. The Balaban J connectivity index is 0.998. The number of fused-ring (bicyclic) bond motifs is 7. The van der Waals surface area contributed by atoms with Crippen molar-refractivity contribution < 1.29 is 0 Å². The van der Waals surface area contributed by atoms with Crippen LogP contribution in [0, 0.1) is 0 Å². The molecule has 1 heteroatoms.